The largest absolute Gasteiger partial charge is 0.493 e. The summed E-state index contributed by atoms with van der Waals surface area (Å²) < 4.78 is 11.5. The van der Waals surface area contributed by atoms with Gasteiger partial charge < -0.3 is 9.47 Å². The van der Waals surface area contributed by atoms with Gasteiger partial charge in [-0.25, -0.2) is 4.99 Å². The minimum Gasteiger partial charge on any atom is -0.493 e. The van der Waals surface area contributed by atoms with Crippen LogP contribution in [0.3, 0.4) is 0 Å². The molecule has 0 radical (unpaired) electrons. The van der Waals surface area contributed by atoms with Crippen LogP contribution in [-0.4, -0.2) is 29.1 Å². The van der Waals surface area contributed by atoms with Gasteiger partial charge in [0.1, 0.15) is 6.61 Å². The number of carbonyl (C=O) groups is 1. The zero-order valence-corrected chi connectivity index (χ0v) is 22.7. The van der Waals surface area contributed by atoms with E-state index in [0.29, 0.717) is 38.2 Å². The molecule has 4 rings (SSSR count). The van der Waals surface area contributed by atoms with Gasteiger partial charge in [-0.05, 0) is 86.1 Å². The minimum atomic E-state index is -0.0697. The van der Waals surface area contributed by atoms with Gasteiger partial charge in [0, 0.05) is 6.04 Å². The summed E-state index contributed by atoms with van der Waals surface area (Å²) in [5.74, 6) is 1.08. The highest BCUT2D eigenvalue weighted by Gasteiger charge is 2.35. The summed E-state index contributed by atoms with van der Waals surface area (Å²) in [7, 11) is 1.58. The Balaban J connectivity index is 1.56. The van der Waals surface area contributed by atoms with Crippen LogP contribution in [0.15, 0.2) is 70.6 Å². The Hall–Kier alpha value is -2.93. The molecule has 1 fully saturated rings. The maximum Gasteiger partial charge on any atom is 0.266 e. The lowest BCUT2D eigenvalue weighted by molar-refractivity contribution is -0.123. The van der Waals surface area contributed by atoms with E-state index < -0.39 is 0 Å². The van der Waals surface area contributed by atoms with Crippen molar-refractivity contribution in [2.24, 2.45) is 4.99 Å². The lowest BCUT2D eigenvalue weighted by Gasteiger charge is -2.19. The molecule has 1 saturated heterocycles. The summed E-state index contributed by atoms with van der Waals surface area (Å²) in [5, 5.41) is 1.64. The highest BCUT2D eigenvalue weighted by Crippen LogP contribution is 2.37. The van der Waals surface area contributed by atoms with E-state index in [4.69, 9.17) is 37.7 Å². The first-order valence-electron chi connectivity index (χ1n) is 11.4. The Morgan fingerprint density at radius 2 is 1.75 bits per heavy atom. The van der Waals surface area contributed by atoms with E-state index in [9.17, 15) is 4.79 Å². The quantitative estimate of drug-likeness (QED) is 0.285. The molecule has 0 atom stereocenters. The number of benzene rings is 3. The molecule has 1 aliphatic rings. The van der Waals surface area contributed by atoms with Gasteiger partial charge in [-0.3, -0.25) is 9.69 Å². The average Bonchev–Trinajstić information content (AvgIpc) is 3.16. The van der Waals surface area contributed by atoms with E-state index in [0.717, 1.165) is 22.4 Å². The van der Waals surface area contributed by atoms with Crippen LogP contribution >= 0.6 is 35.0 Å². The molecule has 0 N–H and O–H groups in total. The third-order valence-corrected chi connectivity index (χ3v) is 7.20. The molecule has 0 aliphatic carbocycles. The number of amides is 1. The molecule has 3 aromatic rings. The Morgan fingerprint density at radius 1 is 1.00 bits per heavy atom. The van der Waals surface area contributed by atoms with Crippen molar-refractivity contribution in [3.05, 3.63) is 92.3 Å². The number of hydrogen-bond donors (Lipinski definition) is 0. The molecule has 186 valence electrons. The van der Waals surface area contributed by atoms with E-state index in [2.05, 4.69) is 0 Å². The number of ether oxygens (including phenoxy) is 2. The normalized spacial score (nSPS) is 15.9. The van der Waals surface area contributed by atoms with Crippen molar-refractivity contribution in [3.63, 3.8) is 0 Å². The number of methoxy groups -OCH3 is 1. The van der Waals surface area contributed by atoms with Gasteiger partial charge in [0.05, 0.1) is 27.7 Å². The summed E-state index contributed by atoms with van der Waals surface area (Å²) in [6, 6.07) is 18.8. The number of carbonyl (C=O) groups excluding carboxylic acids is 1. The predicted molar refractivity (Wildman–Crippen MR) is 150 cm³/mol. The smallest absolute Gasteiger partial charge is 0.266 e. The first kappa shape index (κ1) is 26.1. The van der Waals surface area contributed by atoms with Crippen LogP contribution in [-0.2, 0) is 11.4 Å². The standard InChI is InChI=1S/C28H26Cl2N2O3S/c1-17(2)32-27(33)26(36-28(32)31-21-9-5-18(3)6-10-21)15-19-8-12-24(25(14-19)34-4)35-16-20-7-11-22(29)23(30)13-20/h5-15,17H,16H2,1-4H3/b26-15+,31-28?. The number of hydrogen-bond acceptors (Lipinski definition) is 5. The monoisotopic (exact) mass is 540 g/mol. The fourth-order valence-electron chi connectivity index (χ4n) is 3.58. The molecule has 0 saturated carbocycles. The molecule has 0 bridgehead atoms. The number of halogens is 2. The van der Waals surface area contributed by atoms with Crippen LogP contribution in [0.5, 0.6) is 11.5 Å². The van der Waals surface area contributed by atoms with Crippen molar-refractivity contribution < 1.29 is 14.3 Å². The topological polar surface area (TPSA) is 51.1 Å². The molecule has 36 heavy (non-hydrogen) atoms. The van der Waals surface area contributed by atoms with Gasteiger partial charge >= 0.3 is 0 Å². The highest BCUT2D eigenvalue weighted by atomic mass is 35.5. The maximum absolute atomic E-state index is 13.2. The summed E-state index contributed by atoms with van der Waals surface area (Å²) in [6.07, 6.45) is 1.85. The van der Waals surface area contributed by atoms with Crippen molar-refractivity contribution in [3.8, 4) is 11.5 Å². The predicted octanol–water partition coefficient (Wildman–Crippen LogP) is 7.90. The number of aryl methyl sites for hydroxylation is 1. The van der Waals surface area contributed by atoms with E-state index in [1.807, 2.05) is 75.4 Å². The second kappa shape index (κ2) is 11.4. The molecule has 0 aromatic heterocycles. The molecule has 5 nitrogen and oxygen atoms in total. The second-order valence-electron chi connectivity index (χ2n) is 8.56. The highest BCUT2D eigenvalue weighted by molar-refractivity contribution is 8.18. The maximum atomic E-state index is 13.2. The van der Waals surface area contributed by atoms with Crippen molar-refractivity contribution in [1.82, 2.24) is 4.90 Å². The van der Waals surface area contributed by atoms with E-state index in [-0.39, 0.29) is 11.9 Å². The van der Waals surface area contributed by atoms with Gasteiger partial charge in [-0.1, -0.05) is 53.0 Å². The molecule has 1 heterocycles. The Labute approximate surface area is 225 Å². The van der Waals surface area contributed by atoms with Gasteiger partial charge in [0.25, 0.3) is 5.91 Å². The fraction of sp³-hybridized carbons (Fsp3) is 0.214. The van der Waals surface area contributed by atoms with Crippen LogP contribution in [0.4, 0.5) is 5.69 Å². The van der Waals surface area contributed by atoms with Crippen molar-refractivity contribution >= 4 is 57.8 Å². The molecular formula is C28H26Cl2N2O3S. The number of nitrogens with zero attached hydrogens (tertiary/aromatic N) is 2. The zero-order chi connectivity index (χ0) is 25.8. The van der Waals surface area contributed by atoms with Crippen LogP contribution in [0.2, 0.25) is 10.0 Å². The number of aliphatic imine (C=N–C) groups is 1. The number of thioether (sulfide) groups is 1. The van der Waals surface area contributed by atoms with E-state index in [1.54, 1.807) is 24.1 Å². The fourth-order valence-corrected chi connectivity index (χ4v) is 5.03. The average molecular weight is 542 g/mol. The molecule has 0 spiro atoms. The Morgan fingerprint density at radius 3 is 2.42 bits per heavy atom. The summed E-state index contributed by atoms with van der Waals surface area (Å²) in [6.45, 7) is 6.30. The van der Waals surface area contributed by atoms with Crippen molar-refractivity contribution in [1.29, 1.82) is 0 Å². The second-order valence-corrected chi connectivity index (χ2v) is 10.4. The van der Waals surface area contributed by atoms with E-state index >= 15 is 0 Å². The van der Waals surface area contributed by atoms with Crippen LogP contribution in [0.25, 0.3) is 6.08 Å². The van der Waals surface area contributed by atoms with Crippen LogP contribution in [0, 0.1) is 6.92 Å². The summed E-state index contributed by atoms with van der Waals surface area (Å²) >= 11 is 13.5. The van der Waals surface area contributed by atoms with E-state index in [1.165, 1.54) is 11.8 Å². The van der Waals surface area contributed by atoms with Crippen molar-refractivity contribution in [2.75, 3.05) is 7.11 Å². The molecular weight excluding hydrogens is 515 g/mol. The van der Waals surface area contributed by atoms with Gasteiger partial charge in [0.2, 0.25) is 0 Å². The molecule has 3 aromatic carbocycles. The van der Waals surface area contributed by atoms with Gasteiger partial charge in [-0.2, -0.15) is 0 Å². The lowest BCUT2D eigenvalue weighted by Crippen LogP contribution is -2.35. The first-order chi connectivity index (χ1) is 17.2. The van der Waals surface area contributed by atoms with Crippen LogP contribution < -0.4 is 9.47 Å². The number of rotatable bonds is 7. The van der Waals surface area contributed by atoms with Gasteiger partial charge in [-0.15, -0.1) is 0 Å². The van der Waals surface area contributed by atoms with Crippen LogP contribution in [0.1, 0.15) is 30.5 Å². The number of amidine groups is 1. The molecule has 1 amide bonds. The third-order valence-electron chi connectivity index (χ3n) is 5.48. The summed E-state index contributed by atoms with van der Waals surface area (Å²) in [4.78, 5) is 20.3. The Bertz CT molecular complexity index is 1340. The Kier molecular flexibility index (Phi) is 8.29. The molecule has 8 heteroatoms. The molecule has 1 aliphatic heterocycles. The first-order valence-corrected chi connectivity index (χ1v) is 13.0. The van der Waals surface area contributed by atoms with Crippen molar-refractivity contribution in [2.45, 2.75) is 33.4 Å². The molecule has 0 unspecified atom stereocenters. The van der Waals surface area contributed by atoms with Gasteiger partial charge in [0.15, 0.2) is 16.7 Å². The third kappa shape index (κ3) is 6.06. The minimum absolute atomic E-state index is 0.0215. The lowest BCUT2D eigenvalue weighted by atomic mass is 10.1. The zero-order valence-electron chi connectivity index (χ0n) is 20.4. The SMILES string of the molecule is COc1cc(/C=C2/SC(=Nc3ccc(C)cc3)N(C(C)C)C2=O)ccc1OCc1ccc(Cl)c(Cl)c1. The summed E-state index contributed by atoms with van der Waals surface area (Å²) in [5.41, 5.74) is 3.69.